The van der Waals surface area contributed by atoms with Crippen molar-refractivity contribution in [2.75, 3.05) is 23.4 Å². The predicted octanol–water partition coefficient (Wildman–Crippen LogP) is 2.98. The highest BCUT2D eigenvalue weighted by molar-refractivity contribution is 9.10. The van der Waals surface area contributed by atoms with E-state index in [-0.39, 0.29) is 30.0 Å². The van der Waals surface area contributed by atoms with E-state index in [1.54, 1.807) is 12.3 Å². The summed E-state index contributed by atoms with van der Waals surface area (Å²) in [5.74, 6) is 0.771. The maximum atomic E-state index is 12.5. The molecular formula is C18H21BrN2O4S. The van der Waals surface area contributed by atoms with Crippen LogP contribution in [0.15, 0.2) is 45.5 Å². The molecule has 26 heavy (non-hydrogen) atoms. The number of halogens is 1. The van der Waals surface area contributed by atoms with Gasteiger partial charge >= 0.3 is 0 Å². The van der Waals surface area contributed by atoms with Crippen molar-refractivity contribution < 1.29 is 17.6 Å². The smallest absolute Gasteiger partial charge is 0.238 e. The third kappa shape index (κ3) is 4.96. The van der Waals surface area contributed by atoms with Crippen LogP contribution in [-0.2, 0) is 21.2 Å². The van der Waals surface area contributed by atoms with Crippen LogP contribution >= 0.6 is 15.9 Å². The van der Waals surface area contributed by atoms with E-state index in [9.17, 15) is 13.2 Å². The van der Waals surface area contributed by atoms with Gasteiger partial charge in [0.25, 0.3) is 0 Å². The average Bonchev–Trinajstić information content (AvgIpc) is 3.19. The van der Waals surface area contributed by atoms with E-state index in [0.717, 1.165) is 10.0 Å². The maximum absolute atomic E-state index is 12.5. The monoisotopic (exact) mass is 440 g/mol. The number of hydrogen-bond acceptors (Lipinski definition) is 5. The third-order valence-corrected chi connectivity index (χ3v) is 7.07. The van der Waals surface area contributed by atoms with Crippen LogP contribution in [0.2, 0.25) is 0 Å². The number of aryl methyl sites for hydroxylation is 1. The van der Waals surface area contributed by atoms with Crippen molar-refractivity contribution >= 4 is 37.4 Å². The fraction of sp³-hybridized carbons (Fsp3) is 0.389. The normalized spacial score (nSPS) is 19.0. The minimum Gasteiger partial charge on any atom is -0.468 e. The molecule has 0 aliphatic carbocycles. The van der Waals surface area contributed by atoms with Gasteiger partial charge in [-0.15, -0.1) is 0 Å². The Morgan fingerprint density at radius 1 is 1.38 bits per heavy atom. The van der Waals surface area contributed by atoms with Gasteiger partial charge in [0.05, 0.1) is 30.9 Å². The molecular weight excluding hydrogens is 420 g/mol. The van der Waals surface area contributed by atoms with Crippen molar-refractivity contribution in [2.45, 2.75) is 25.9 Å². The Morgan fingerprint density at radius 2 is 2.19 bits per heavy atom. The second-order valence-corrected chi connectivity index (χ2v) is 9.64. The highest BCUT2D eigenvalue weighted by atomic mass is 79.9. The summed E-state index contributed by atoms with van der Waals surface area (Å²) in [7, 11) is -3.03. The number of sulfone groups is 1. The molecule has 3 rings (SSSR count). The second kappa shape index (κ2) is 7.94. The van der Waals surface area contributed by atoms with Crippen molar-refractivity contribution in [3.05, 3.63) is 52.4 Å². The van der Waals surface area contributed by atoms with Crippen LogP contribution in [0.1, 0.15) is 17.7 Å². The first kappa shape index (κ1) is 19.1. The van der Waals surface area contributed by atoms with Crippen LogP contribution in [0.25, 0.3) is 0 Å². The van der Waals surface area contributed by atoms with Crippen molar-refractivity contribution in [1.29, 1.82) is 0 Å². The first-order chi connectivity index (χ1) is 12.3. The number of anilines is 1. The predicted molar refractivity (Wildman–Crippen MR) is 104 cm³/mol. The first-order valence-electron chi connectivity index (χ1n) is 8.35. The zero-order valence-electron chi connectivity index (χ0n) is 14.4. The van der Waals surface area contributed by atoms with Crippen molar-refractivity contribution in [2.24, 2.45) is 0 Å². The molecule has 2 aromatic rings. The molecule has 1 fully saturated rings. The van der Waals surface area contributed by atoms with Crippen LogP contribution in [0.3, 0.4) is 0 Å². The Labute approximate surface area is 161 Å². The summed E-state index contributed by atoms with van der Waals surface area (Å²) < 4.78 is 30.0. The van der Waals surface area contributed by atoms with Crippen molar-refractivity contribution in [3.63, 3.8) is 0 Å². The van der Waals surface area contributed by atoms with Gasteiger partial charge in [-0.3, -0.25) is 9.69 Å². The topological polar surface area (TPSA) is 79.6 Å². The van der Waals surface area contributed by atoms with Gasteiger partial charge in [-0.1, -0.05) is 22.0 Å². The SMILES string of the molecule is Cc1ccc(NC(=O)CN(Cc2ccco2)[C@H]2CCS(=O)(=O)C2)cc1Br. The van der Waals surface area contributed by atoms with Gasteiger partial charge in [-0.25, -0.2) is 8.42 Å². The Kier molecular flexibility index (Phi) is 5.84. The molecule has 6 nitrogen and oxygen atoms in total. The van der Waals surface area contributed by atoms with Crippen LogP contribution in [0.5, 0.6) is 0 Å². The number of carbonyl (C=O) groups excluding carboxylic acids is 1. The first-order valence-corrected chi connectivity index (χ1v) is 11.0. The van der Waals surface area contributed by atoms with Gasteiger partial charge in [0.15, 0.2) is 9.84 Å². The Balaban J connectivity index is 1.69. The summed E-state index contributed by atoms with van der Waals surface area (Å²) in [5, 5.41) is 2.87. The van der Waals surface area contributed by atoms with Crippen LogP contribution in [0.4, 0.5) is 5.69 Å². The quantitative estimate of drug-likeness (QED) is 0.746. The van der Waals surface area contributed by atoms with Gasteiger partial charge in [0.2, 0.25) is 5.91 Å². The zero-order chi connectivity index (χ0) is 18.7. The van der Waals surface area contributed by atoms with Crippen molar-refractivity contribution in [1.82, 2.24) is 4.90 Å². The molecule has 0 bridgehead atoms. The molecule has 1 amide bonds. The summed E-state index contributed by atoms with van der Waals surface area (Å²) >= 11 is 3.45. The molecule has 140 valence electrons. The van der Waals surface area contributed by atoms with E-state index in [1.165, 1.54) is 0 Å². The molecule has 8 heteroatoms. The van der Waals surface area contributed by atoms with Crippen molar-refractivity contribution in [3.8, 4) is 0 Å². The molecule has 1 aliphatic heterocycles. The number of benzene rings is 1. The molecule has 1 aromatic heterocycles. The van der Waals surface area contributed by atoms with Gasteiger partial charge < -0.3 is 9.73 Å². The lowest BCUT2D eigenvalue weighted by Crippen LogP contribution is -2.41. The fourth-order valence-corrected chi connectivity index (χ4v) is 5.18. The molecule has 0 spiro atoms. The number of furan rings is 1. The molecule has 0 saturated carbocycles. The molecule has 1 N–H and O–H groups in total. The lowest BCUT2D eigenvalue weighted by atomic mass is 10.2. The lowest BCUT2D eigenvalue weighted by molar-refractivity contribution is -0.118. The van der Waals surface area contributed by atoms with E-state index in [1.807, 2.05) is 36.1 Å². The molecule has 0 radical (unpaired) electrons. The fourth-order valence-electron chi connectivity index (χ4n) is 3.04. The summed E-state index contributed by atoms with van der Waals surface area (Å²) in [6, 6.07) is 9.04. The molecule has 1 aliphatic rings. The Morgan fingerprint density at radius 3 is 2.81 bits per heavy atom. The number of amides is 1. The molecule has 1 aromatic carbocycles. The number of carbonyl (C=O) groups is 1. The summed E-state index contributed by atoms with van der Waals surface area (Å²) in [5.41, 5.74) is 1.78. The van der Waals surface area contributed by atoms with Gasteiger partial charge in [-0.2, -0.15) is 0 Å². The Hall–Kier alpha value is -1.64. The van der Waals surface area contributed by atoms with E-state index in [2.05, 4.69) is 21.2 Å². The Bertz CT molecular complexity index is 881. The third-order valence-electron chi connectivity index (χ3n) is 4.47. The number of nitrogens with zero attached hydrogens (tertiary/aromatic N) is 1. The number of nitrogens with one attached hydrogen (secondary N) is 1. The van der Waals surface area contributed by atoms with E-state index < -0.39 is 9.84 Å². The standard InChI is InChI=1S/C18H21BrN2O4S/c1-13-4-5-14(9-17(13)19)20-18(22)11-21(10-16-3-2-7-25-16)15-6-8-26(23,24)12-15/h2-5,7,9,15H,6,8,10-12H2,1H3,(H,20,22)/t15-/m0/s1. The molecule has 0 unspecified atom stereocenters. The maximum Gasteiger partial charge on any atom is 0.238 e. The second-order valence-electron chi connectivity index (χ2n) is 6.55. The molecule has 2 heterocycles. The summed E-state index contributed by atoms with van der Waals surface area (Å²) in [6.45, 7) is 2.48. The minimum absolute atomic E-state index is 0.0804. The van der Waals surface area contributed by atoms with E-state index in [4.69, 9.17) is 4.42 Å². The summed E-state index contributed by atoms with van der Waals surface area (Å²) in [4.78, 5) is 14.4. The van der Waals surface area contributed by atoms with Gasteiger partial charge in [-0.05, 0) is 43.2 Å². The average molecular weight is 441 g/mol. The van der Waals surface area contributed by atoms with Crippen LogP contribution in [0, 0.1) is 6.92 Å². The van der Waals surface area contributed by atoms with Crippen LogP contribution < -0.4 is 5.32 Å². The lowest BCUT2D eigenvalue weighted by Gasteiger charge is -2.26. The zero-order valence-corrected chi connectivity index (χ0v) is 16.8. The highest BCUT2D eigenvalue weighted by Crippen LogP contribution is 2.22. The number of rotatable bonds is 6. The van der Waals surface area contributed by atoms with Gasteiger partial charge in [0, 0.05) is 16.2 Å². The van der Waals surface area contributed by atoms with Gasteiger partial charge in [0.1, 0.15) is 5.76 Å². The minimum atomic E-state index is -3.03. The molecule has 1 saturated heterocycles. The highest BCUT2D eigenvalue weighted by Gasteiger charge is 2.33. The van der Waals surface area contributed by atoms with Crippen LogP contribution in [-0.4, -0.2) is 43.3 Å². The van der Waals surface area contributed by atoms with E-state index >= 15 is 0 Å². The van der Waals surface area contributed by atoms with E-state index in [0.29, 0.717) is 24.4 Å². The largest absolute Gasteiger partial charge is 0.468 e. The number of hydrogen-bond donors (Lipinski definition) is 1. The molecule has 1 atom stereocenters. The summed E-state index contributed by atoms with van der Waals surface area (Å²) in [6.07, 6.45) is 2.11.